The van der Waals surface area contributed by atoms with E-state index in [0.717, 1.165) is 23.1 Å². The Morgan fingerprint density at radius 1 is 1.29 bits per heavy atom. The summed E-state index contributed by atoms with van der Waals surface area (Å²) in [5.74, 6) is -1.65. The van der Waals surface area contributed by atoms with Crippen LogP contribution in [0.2, 0.25) is 0 Å². The Balaban J connectivity index is 1.98. The van der Waals surface area contributed by atoms with Crippen LogP contribution in [0.15, 0.2) is 22.7 Å². The Hall–Kier alpha value is -2.77. The van der Waals surface area contributed by atoms with Gasteiger partial charge in [0.05, 0.1) is 12.2 Å². The summed E-state index contributed by atoms with van der Waals surface area (Å²) < 4.78 is 32.6. The number of benzene rings is 1. The van der Waals surface area contributed by atoms with Crippen molar-refractivity contribution in [2.24, 2.45) is 0 Å². The van der Waals surface area contributed by atoms with Gasteiger partial charge < -0.3 is 9.84 Å². The second-order valence-electron chi connectivity index (χ2n) is 5.87. The number of carbonyl (C=O) groups is 2. The predicted octanol–water partition coefficient (Wildman–Crippen LogP) is 2.54. The maximum atomic E-state index is 14.1. The van der Waals surface area contributed by atoms with E-state index in [1.165, 1.54) is 6.92 Å². The molecule has 1 aliphatic heterocycles. The van der Waals surface area contributed by atoms with Gasteiger partial charge in [-0.2, -0.15) is 0 Å². The molecule has 2 aromatic rings. The number of nitrogens with one attached hydrogen (secondary N) is 1. The van der Waals surface area contributed by atoms with Gasteiger partial charge in [-0.1, -0.05) is 5.16 Å². The second-order valence-corrected chi connectivity index (χ2v) is 5.87. The molecule has 0 saturated carbocycles. The number of hydrogen-bond acceptors (Lipinski definition) is 4. The first-order valence-electron chi connectivity index (χ1n) is 7.25. The molecule has 8 heteroatoms. The van der Waals surface area contributed by atoms with Crippen LogP contribution in [-0.2, 0) is 16.9 Å². The van der Waals surface area contributed by atoms with Gasteiger partial charge in [0.25, 0.3) is 5.91 Å². The molecule has 1 aromatic carbocycles. The monoisotopic (exact) mass is 335 g/mol. The van der Waals surface area contributed by atoms with Crippen LogP contribution < -0.4 is 5.32 Å². The van der Waals surface area contributed by atoms with Crippen molar-refractivity contribution in [1.82, 2.24) is 15.4 Å². The average molecular weight is 335 g/mol. The molecule has 3 rings (SSSR count). The normalized spacial score (nSPS) is 20.6. The lowest BCUT2D eigenvalue weighted by Gasteiger charge is -2.22. The summed E-state index contributed by atoms with van der Waals surface area (Å²) in [7, 11) is 0. The van der Waals surface area contributed by atoms with Crippen LogP contribution in [0, 0.1) is 25.5 Å². The van der Waals surface area contributed by atoms with Crippen molar-refractivity contribution in [1.29, 1.82) is 0 Å². The number of urea groups is 1. The van der Waals surface area contributed by atoms with E-state index in [1.54, 1.807) is 13.8 Å². The zero-order valence-electron chi connectivity index (χ0n) is 13.3. The Morgan fingerprint density at radius 2 is 2.00 bits per heavy atom. The number of imide groups is 1. The van der Waals surface area contributed by atoms with Gasteiger partial charge in [0.15, 0.2) is 0 Å². The molecule has 1 aromatic heterocycles. The third kappa shape index (κ3) is 2.34. The van der Waals surface area contributed by atoms with Gasteiger partial charge in [-0.25, -0.2) is 13.6 Å². The minimum absolute atomic E-state index is 0.0572. The fourth-order valence-corrected chi connectivity index (χ4v) is 2.79. The fraction of sp³-hybridized carbons (Fsp3) is 0.312. The van der Waals surface area contributed by atoms with Gasteiger partial charge in [0.2, 0.25) is 0 Å². The summed E-state index contributed by atoms with van der Waals surface area (Å²) in [6, 6.07) is 2.09. The number of nitrogens with zero attached hydrogens (tertiary/aromatic N) is 2. The highest BCUT2D eigenvalue weighted by molar-refractivity contribution is 6.07. The number of rotatable bonds is 3. The lowest BCUT2D eigenvalue weighted by atomic mass is 9.91. The van der Waals surface area contributed by atoms with Crippen molar-refractivity contribution in [3.05, 3.63) is 52.4 Å². The molecule has 0 spiro atoms. The molecule has 1 fully saturated rings. The fourth-order valence-electron chi connectivity index (χ4n) is 2.79. The molecule has 3 amide bonds. The van der Waals surface area contributed by atoms with E-state index in [9.17, 15) is 18.4 Å². The van der Waals surface area contributed by atoms with Crippen molar-refractivity contribution in [3.8, 4) is 0 Å². The average Bonchev–Trinajstić information content (AvgIpc) is 2.95. The van der Waals surface area contributed by atoms with Crippen molar-refractivity contribution < 1.29 is 22.9 Å². The molecule has 24 heavy (non-hydrogen) atoms. The molecule has 1 saturated heterocycles. The van der Waals surface area contributed by atoms with Gasteiger partial charge in [0.1, 0.15) is 22.9 Å². The highest BCUT2D eigenvalue weighted by atomic mass is 19.1. The number of halogens is 2. The van der Waals surface area contributed by atoms with E-state index < -0.39 is 29.1 Å². The first kappa shape index (κ1) is 16.1. The SMILES string of the molecule is Cc1noc(C)c1CN1C(=O)N[C@](C)(c2cc(F)ccc2F)C1=O. The molecule has 0 unspecified atom stereocenters. The van der Waals surface area contributed by atoms with Gasteiger partial charge in [0, 0.05) is 11.1 Å². The Morgan fingerprint density at radius 3 is 2.62 bits per heavy atom. The first-order chi connectivity index (χ1) is 11.2. The molecular formula is C16H15F2N3O3. The third-order valence-electron chi connectivity index (χ3n) is 4.24. The van der Waals surface area contributed by atoms with E-state index >= 15 is 0 Å². The molecule has 0 aliphatic carbocycles. The lowest BCUT2D eigenvalue weighted by Crippen LogP contribution is -2.41. The van der Waals surface area contributed by atoms with Crippen LogP contribution in [0.3, 0.4) is 0 Å². The Bertz CT molecular complexity index is 830. The number of amides is 3. The van der Waals surface area contributed by atoms with Crippen molar-refractivity contribution in [3.63, 3.8) is 0 Å². The zero-order chi connectivity index (χ0) is 17.6. The summed E-state index contributed by atoms with van der Waals surface area (Å²) in [6.45, 7) is 4.64. The predicted molar refractivity (Wildman–Crippen MR) is 78.8 cm³/mol. The summed E-state index contributed by atoms with van der Waals surface area (Å²) in [6.07, 6.45) is 0. The molecule has 2 heterocycles. The topological polar surface area (TPSA) is 75.4 Å². The second kappa shape index (κ2) is 5.40. The molecule has 0 bridgehead atoms. The van der Waals surface area contributed by atoms with E-state index in [1.807, 2.05) is 0 Å². The van der Waals surface area contributed by atoms with Crippen molar-refractivity contribution in [2.45, 2.75) is 32.9 Å². The lowest BCUT2D eigenvalue weighted by molar-refractivity contribution is -0.131. The van der Waals surface area contributed by atoms with Crippen LogP contribution in [-0.4, -0.2) is 22.0 Å². The summed E-state index contributed by atoms with van der Waals surface area (Å²) in [4.78, 5) is 25.9. The quantitative estimate of drug-likeness (QED) is 0.875. The Labute approximate surface area is 136 Å². The minimum Gasteiger partial charge on any atom is -0.361 e. The standard InChI is InChI=1S/C16H15F2N3O3/c1-8-11(9(2)24-20-8)7-21-14(22)16(3,19-15(21)23)12-6-10(17)4-5-13(12)18/h4-6H,7H2,1-3H3,(H,19,23)/t16-/m1/s1. The van der Waals surface area contributed by atoms with E-state index in [4.69, 9.17) is 4.52 Å². The van der Waals surface area contributed by atoms with Crippen molar-refractivity contribution >= 4 is 11.9 Å². The first-order valence-corrected chi connectivity index (χ1v) is 7.25. The van der Waals surface area contributed by atoms with Gasteiger partial charge in [-0.05, 0) is 39.0 Å². The van der Waals surface area contributed by atoms with Gasteiger partial charge >= 0.3 is 6.03 Å². The number of aryl methyl sites for hydroxylation is 2. The van der Waals surface area contributed by atoms with Crippen LogP contribution in [0.4, 0.5) is 13.6 Å². The number of aromatic nitrogens is 1. The molecule has 6 nitrogen and oxygen atoms in total. The highest BCUT2D eigenvalue weighted by Crippen LogP contribution is 2.32. The third-order valence-corrected chi connectivity index (χ3v) is 4.24. The maximum Gasteiger partial charge on any atom is 0.325 e. The van der Waals surface area contributed by atoms with Crippen LogP contribution >= 0.6 is 0 Å². The minimum atomic E-state index is -1.68. The van der Waals surface area contributed by atoms with Crippen LogP contribution in [0.1, 0.15) is 29.5 Å². The molecular weight excluding hydrogens is 320 g/mol. The molecule has 0 radical (unpaired) electrons. The molecule has 1 N–H and O–H groups in total. The molecule has 1 atom stereocenters. The van der Waals surface area contributed by atoms with Crippen LogP contribution in [0.5, 0.6) is 0 Å². The number of hydrogen-bond donors (Lipinski definition) is 1. The summed E-state index contributed by atoms with van der Waals surface area (Å²) in [5, 5.41) is 6.22. The maximum absolute atomic E-state index is 14.1. The van der Waals surface area contributed by atoms with Gasteiger partial charge in [-0.3, -0.25) is 9.69 Å². The summed E-state index contributed by atoms with van der Waals surface area (Å²) in [5.41, 5.74) is -0.745. The van der Waals surface area contributed by atoms with Gasteiger partial charge in [-0.15, -0.1) is 0 Å². The highest BCUT2D eigenvalue weighted by Gasteiger charge is 2.50. The smallest absolute Gasteiger partial charge is 0.325 e. The van der Waals surface area contributed by atoms with Crippen molar-refractivity contribution in [2.75, 3.05) is 0 Å². The van der Waals surface area contributed by atoms with E-state index in [-0.39, 0.29) is 12.1 Å². The largest absolute Gasteiger partial charge is 0.361 e. The molecule has 126 valence electrons. The van der Waals surface area contributed by atoms with E-state index in [2.05, 4.69) is 10.5 Å². The number of carbonyl (C=O) groups excluding carboxylic acids is 2. The van der Waals surface area contributed by atoms with Crippen LogP contribution in [0.25, 0.3) is 0 Å². The Kier molecular flexibility index (Phi) is 3.62. The zero-order valence-corrected chi connectivity index (χ0v) is 13.3. The summed E-state index contributed by atoms with van der Waals surface area (Å²) >= 11 is 0. The molecule has 1 aliphatic rings. The van der Waals surface area contributed by atoms with E-state index in [0.29, 0.717) is 17.0 Å².